The molecule has 1 saturated carbocycles. The largest absolute Gasteiger partial charge is 0.297 e. The first kappa shape index (κ1) is 13.9. The van der Waals surface area contributed by atoms with Gasteiger partial charge in [0.2, 0.25) is 0 Å². The fourth-order valence-corrected chi connectivity index (χ4v) is 3.69. The Morgan fingerprint density at radius 2 is 2.06 bits per heavy atom. The Kier molecular flexibility index (Phi) is 5.64. The summed E-state index contributed by atoms with van der Waals surface area (Å²) in [5, 5.41) is 12.5. The quantitative estimate of drug-likeness (QED) is 0.774. The summed E-state index contributed by atoms with van der Waals surface area (Å²) in [7, 11) is 0. The van der Waals surface area contributed by atoms with Crippen LogP contribution >= 0.6 is 11.8 Å². The number of nitriles is 1. The van der Waals surface area contributed by atoms with Gasteiger partial charge in [-0.2, -0.15) is 17.0 Å². The first-order chi connectivity index (χ1) is 7.56. The molecule has 16 heavy (non-hydrogen) atoms. The van der Waals surface area contributed by atoms with E-state index in [9.17, 15) is 5.26 Å². The van der Waals surface area contributed by atoms with Gasteiger partial charge < -0.3 is 0 Å². The van der Waals surface area contributed by atoms with Crippen molar-refractivity contribution in [3.8, 4) is 6.07 Å². The van der Waals surface area contributed by atoms with E-state index in [-0.39, 0.29) is 5.54 Å². The molecule has 0 spiro atoms. The molecule has 0 heterocycles. The van der Waals surface area contributed by atoms with Gasteiger partial charge >= 0.3 is 0 Å². The zero-order chi connectivity index (χ0) is 12.0. The molecular formula is C13H24N2S. The molecule has 1 rings (SSSR count). The minimum atomic E-state index is -0.364. The van der Waals surface area contributed by atoms with Gasteiger partial charge in [0.1, 0.15) is 5.54 Å². The van der Waals surface area contributed by atoms with E-state index in [2.05, 4.69) is 25.2 Å². The Labute approximate surface area is 104 Å². The van der Waals surface area contributed by atoms with Crippen LogP contribution in [0.25, 0.3) is 0 Å². The second kappa shape index (κ2) is 6.51. The third-order valence-corrected chi connectivity index (χ3v) is 4.56. The van der Waals surface area contributed by atoms with Crippen LogP contribution in [0.15, 0.2) is 0 Å². The number of thioether (sulfide) groups is 1. The van der Waals surface area contributed by atoms with E-state index >= 15 is 0 Å². The van der Waals surface area contributed by atoms with E-state index in [1.807, 2.05) is 18.7 Å². The average molecular weight is 240 g/mol. The molecule has 1 aliphatic rings. The minimum Gasteiger partial charge on any atom is -0.297 e. The van der Waals surface area contributed by atoms with Crippen molar-refractivity contribution in [1.29, 1.82) is 5.26 Å². The maximum Gasteiger partial charge on any atom is 0.113 e. The van der Waals surface area contributed by atoms with Crippen molar-refractivity contribution in [1.82, 2.24) is 5.32 Å². The molecule has 1 aliphatic carbocycles. The first-order valence-corrected chi connectivity index (χ1v) is 7.48. The zero-order valence-corrected chi connectivity index (χ0v) is 11.6. The molecule has 2 nitrogen and oxygen atoms in total. The SMILES string of the molecule is CC(C)NC(C)(C#N)CSCC1CCCC1. The maximum atomic E-state index is 9.20. The van der Waals surface area contributed by atoms with Crippen molar-refractivity contribution in [2.45, 2.75) is 58.0 Å². The van der Waals surface area contributed by atoms with Crippen molar-refractivity contribution >= 4 is 11.8 Å². The minimum absolute atomic E-state index is 0.364. The Morgan fingerprint density at radius 3 is 2.56 bits per heavy atom. The van der Waals surface area contributed by atoms with Gasteiger partial charge in [0.05, 0.1) is 6.07 Å². The molecular weight excluding hydrogens is 216 g/mol. The van der Waals surface area contributed by atoms with E-state index in [1.165, 1.54) is 31.4 Å². The monoisotopic (exact) mass is 240 g/mol. The average Bonchev–Trinajstić information content (AvgIpc) is 2.69. The van der Waals surface area contributed by atoms with E-state index < -0.39 is 0 Å². The molecule has 0 aromatic heterocycles. The molecule has 1 fully saturated rings. The summed E-state index contributed by atoms with van der Waals surface area (Å²) in [5.74, 6) is 3.04. The molecule has 0 amide bonds. The fourth-order valence-electron chi connectivity index (χ4n) is 2.35. The van der Waals surface area contributed by atoms with Gasteiger partial charge in [0.15, 0.2) is 0 Å². The van der Waals surface area contributed by atoms with Gasteiger partial charge in [-0.1, -0.05) is 12.8 Å². The Hall–Kier alpha value is -0.200. The summed E-state index contributed by atoms with van der Waals surface area (Å²) in [6, 6.07) is 2.78. The van der Waals surface area contributed by atoms with Crippen LogP contribution in [0.1, 0.15) is 46.5 Å². The molecule has 3 heteroatoms. The highest BCUT2D eigenvalue weighted by molar-refractivity contribution is 7.99. The van der Waals surface area contributed by atoms with Crippen LogP contribution in [0.3, 0.4) is 0 Å². The second-order valence-electron chi connectivity index (χ2n) is 5.41. The Bertz CT molecular complexity index is 241. The smallest absolute Gasteiger partial charge is 0.113 e. The topological polar surface area (TPSA) is 35.8 Å². The molecule has 0 aromatic rings. The number of rotatable bonds is 6. The van der Waals surface area contributed by atoms with E-state index in [1.54, 1.807) is 0 Å². The summed E-state index contributed by atoms with van der Waals surface area (Å²) in [4.78, 5) is 0. The summed E-state index contributed by atoms with van der Waals surface area (Å²) < 4.78 is 0. The normalized spacial score (nSPS) is 20.9. The first-order valence-electron chi connectivity index (χ1n) is 6.32. The number of nitrogens with one attached hydrogen (secondary N) is 1. The van der Waals surface area contributed by atoms with E-state index in [4.69, 9.17) is 0 Å². The highest BCUT2D eigenvalue weighted by atomic mass is 32.2. The molecule has 92 valence electrons. The molecule has 1 N–H and O–H groups in total. The fraction of sp³-hybridized carbons (Fsp3) is 0.923. The lowest BCUT2D eigenvalue weighted by Crippen LogP contribution is -2.47. The van der Waals surface area contributed by atoms with Crippen LogP contribution in [0.2, 0.25) is 0 Å². The van der Waals surface area contributed by atoms with Gasteiger partial charge in [0.25, 0.3) is 0 Å². The highest BCUT2D eigenvalue weighted by Crippen LogP contribution is 2.28. The van der Waals surface area contributed by atoms with Gasteiger partial charge in [-0.15, -0.1) is 0 Å². The highest BCUT2D eigenvalue weighted by Gasteiger charge is 2.25. The van der Waals surface area contributed by atoms with Gasteiger partial charge in [-0.25, -0.2) is 0 Å². The predicted octanol–water partition coefficient (Wildman–Crippen LogP) is 3.19. The molecule has 0 aromatic carbocycles. The third-order valence-electron chi connectivity index (χ3n) is 3.07. The van der Waals surface area contributed by atoms with Crippen molar-refractivity contribution in [3.05, 3.63) is 0 Å². The lowest BCUT2D eigenvalue weighted by Gasteiger charge is -2.26. The van der Waals surface area contributed by atoms with Gasteiger partial charge in [-0.3, -0.25) is 5.32 Å². The van der Waals surface area contributed by atoms with Crippen LogP contribution in [0.4, 0.5) is 0 Å². The molecule has 0 radical (unpaired) electrons. The predicted molar refractivity (Wildman–Crippen MR) is 71.6 cm³/mol. The number of nitrogens with zero attached hydrogens (tertiary/aromatic N) is 1. The van der Waals surface area contributed by atoms with Crippen LogP contribution in [0.5, 0.6) is 0 Å². The summed E-state index contributed by atoms with van der Waals surface area (Å²) >= 11 is 1.94. The van der Waals surface area contributed by atoms with Gasteiger partial charge in [-0.05, 0) is 45.3 Å². The lowest BCUT2D eigenvalue weighted by molar-refractivity contribution is 0.443. The number of hydrogen-bond acceptors (Lipinski definition) is 3. The van der Waals surface area contributed by atoms with Gasteiger partial charge in [0, 0.05) is 11.8 Å². The molecule has 1 unspecified atom stereocenters. The third kappa shape index (κ3) is 4.76. The molecule has 1 atom stereocenters. The summed E-state index contributed by atoms with van der Waals surface area (Å²) in [5.41, 5.74) is -0.364. The molecule has 0 aliphatic heterocycles. The Balaban J connectivity index is 2.25. The second-order valence-corrected chi connectivity index (χ2v) is 6.44. The molecule has 0 saturated heterocycles. The van der Waals surface area contributed by atoms with Crippen LogP contribution in [-0.2, 0) is 0 Å². The van der Waals surface area contributed by atoms with E-state index in [0.717, 1.165) is 11.7 Å². The standard InChI is InChI=1S/C13H24N2S/c1-11(2)15-13(3,9-14)10-16-8-12-6-4-5-7-12/h11-12,15H,4-8,10H2,1-3H3. The van der Waals surface area contributed by atoms with Crippen molar-refractivity contribution < 1.29 is 0 Å². The zero-order valence-electron chi connectivity index (χ0n) is 10.8. The van der Waals surface area contributed by atoms with Crippen molar-refractivity contribution in [2.24, 2.45) is 5.92 Å². The van der Waals surface area contributed by atoms with Crippen LogP contribution < -0.4 is 5.32 Å². The van der Waals surface area contributed by atoms with Crippen LogP contribution in [-0.4, -0.2) is 23.1 Å². The maximum absolute atomic E-state index is 9.20. The number of hydrogen-bond donors (Lipinski definition) is 1. The van der Waals surface area contributed by atoms with Crippen molar-refractivity contribution in [2.75, 3.05) is 11.5 Å². The molecule has 0 bridgehead atoms. The Morgan fingerprint density at radius 1 is 1.44 bits per heavy atom. The lowest BCUT2D eigenvalue weighted by atomic mass is 10.1. The summed E-state index contributed by atoms with van der Waals surface area (Å²) in [6.45, 7) is 6.20. The van der Waals surface area contributed by atoms with Crippen molar-refractivity contribution in [3.63, 3.8) is 0 Å². The summed E-state index contributed by atoms with van der Waals surface area (Å²) in [6.07, 6.45) is 5.61. The van der Waals surface area contributed by atoms with Crippen LogP contribution in [0, 0.1) is 17.2 Å². The van der Waals surface area contributed by atoms with E-state index in [0.29, 0.717) is 6.04 Å².